The fraction of sp³-hybridized carbons (Fsp3) is 0.600. The van der Waals surface area contributed by atoms with Crippen LogP contribution in [0.3, 0.4) is 0 Å². The normalized spacial score (nSPS) is 19.3. The minimum absolute atomic E-state index is 0.142. The third-order valence-corrected chi connectivity index (χ3v) is 9.48. The summed E-state index contributed by atoms with van der Waals surface area (Å²) in [6.07, 6.45) is -1.08. The lowest BCUT2D eigenvalue weighted by molar-refractivity contribution is -0.284. The van der Waals surface area contributed by atoms with Crippen LogP contribution in [0.4, 0.5) is 22.0 Å². The molecule has 2 atom stereocenters. The Labute approximate surface area is 244 Å². The molecule has 2 unspecified atom stereocenters. The molecule has 1 heterocycles. The Kier molecular flexibility index (Phi) is 11.5. The van der Waals surface area contributed by atoms with Gasteiger partial charge in [0.2, 0.25) is 10.0 Å². The first kappa shape index (κ1) is 33.9. The standard InChI is InChI=1S/C30H40F5NO5S/c1-28(22-11-13-23(37)14-12-22)21-41-27-20-24(38)15-16-25(27)26(28)10-7-5-3-2-4-6-8-19-42(39,40)36-18-9-17-29(31,32)30(33,34)35/h11-16,20,26,36-38H,2-10,17-19,21H2,1H3. The topological polar surface area (TPSA) is 95.9 Å². The number of alkyl halides is 5. The van der Waals surface area contributed by atoms with E-state index in [1.807, 2.05) is 18.2 Å². The Morgan fingerprint density at radius 2 is 1.48 bits per heavy atom. The zero-order valence-electron chi connectivity index (χ0n) is 23.7. The van der Waals surface area contributed by atoms with Crippen molar-refractivity contribution in [2.24, 2.45) is 0 Å². The van der Waals surface area contributed by atoms with Gasteiger partial charge in [-0.15, -0.1) is 0 Å². The van der Waals surface area contributed by atoms with Crippen LogP contribution in [0, 0.1) is 0 Å². The van der Waals surface area contributed by atoms with E-state index in [2.05, 4.69) is 11.6 Å². The van der Waals surface area contributed by atoms with Crippen molar-refractivity contribution in [1.29, 1.82) is 0 Å². The molecule has 12 heteroatoms. The molecular formula is C30H40F5NO5S. The van der Waals surface area contributed by atoms with Crippen LogP contribution in [0.15, 0.2) is 42.5 Å². The fourth-order valence-electron chi connectivity index (χ4n) is 5.48. The predicted octanol–water partition coefficient (Wildman–Crippen LogP) is 7.55. The van der Waals surface area contributed by atoms with Crippen LogP contribution in [0.1, 0.15) is 88.2 Å². The predicted molar refractivity (Wildman–Crippen MR) is 151 cm³/mol. The second-order valence-corrected chi connectivity index (χ2v) is 13.2. The third-order valence-electron chi connectivity index (χ3n) is 8.01. The average molecular weight is 622 g/mol. The van der Waals surface area contributed by atoms with Gasteiger partial charge in [-0.25, -0.2) is 13.1 Å². The molecule has 3 rings (SSSR count). The van der Waals surface area contributed by atoms with Gasteiger partial charge in [0.1, 0.15) is 17.2 Å². The van der Waals surface area contributed by atoms with E-state index in [9.17, 15) is 40.6 Å². The number of ether oxygens (including phenoxy) is 1. The van der Waals surface area contributed by atoms with Crippen molar-refractivity contribution in [3.63, 3.8) is 0 Å². The maximum absolute atomic E-state index is 12.9. The number of phenolic OH excluding ortho intramolecular Hbond substituents is 2. The van der Waals surface area contributed by atoms with Crippen molar-refractivity contribution >= 4 is 10.0 Å². The lowest BCUT2D eigenvalue weighted by Crippen LogP contribution is -2.40. The Morgan fingerprint density at radius 1 is 0.881 bits per heavy atom. The maximum atomic E-state index is 12.9. The van der Waals surface area contributed by atoms with E-state index in [4.69, 9.17) is 4.74 Å². The Balaban J connectivity index is 1.38. The molecule has 0 radical (unpaired) electrons. The summed E-state index contributed by atoms with van der Waals surface area (Å²) in [6, 6.07) is 12.4. The van der Waals surface area contributed by atoms with Crippen molar-refractivity contribution in [3.05, 3.63) is 53.6 Å². The summed E-state index contributed by atoms with van der Waals surface area (Å²) in [6.45, 7) is 2.13. The molecule has 0 saturated heterocycles. The summed E-state index contributed by atoms with van der Waals surface area (Å²) in [7, 11) is -3.73. The molecular weight excluding hydrogens is 581 g/mol. The lowest BCUT2D eigenvalue weighted by atomic mass is 9.66. The van der Waals surface area contributed by atoms with E-state index in [-0.39, 0.29) is 28.6 Å². The van der Waals surface area contributed by atoms with Crippen molar-refractivity contribution < 1.29 is 45.3 Å². The number of hydrogen-bond acceptors (Lipinski definition) is 5. The average Bonchev–Trinajstić information content (AvgIpc) is 2.91. The number of nitrogens with one attached hydrogen (secondary N) is 1. The van der Waals surface area contributed by atoms with Crippen LogP contribution in [-0.2, 0) is 15.4 Å². The number of hydrogen-bond donors (Lipinski definition) is 3. The zero-order valence-corrected chi connectivity index (χ0v) is 24.5. The highest BCUT2D eigenvalue weighted by molar-refractivity contribution is 7.89. The van der Waals surface area contributed by atoms with Gasteiger partial charge in [0.15, 0.2) is 0 Å². The summed E-state index contributed by atoms with van der Waals surface area (Å²) in [5, 5.41) is 19.7. The monoisotopic (exact) mass is 621 g/mol. The maximum Gasteiger partial charge on any atom is 0.453 e. The minimum atomic E-state index is -5.64. The van der Waals surface area contributed by atoms with Crippen molar-refractivity contribution in [3.8, 4) is 17.2 Å². The molecule has 0 fully saturated rings. The molecule has 6 nitrogen and oxygen atoms in total. The highest BCUT2D eigenvalue weighted by atomic mass is 32.2. The second-order valence-electron chi connectivity index (χ2n) is 11.3. The fourth-order valence-corrected chi connectivity index (χ4v) is 6.67. The number of halogens is 5. The number of rotatable bonds is 16. The summed E-state index contributed by atoms with van der Waals surface area (Å²) >= 11 is 0. The number of unbranched alkanes of at least 4 members (excludes halogenated alkanes) is 6. The molecule has 3 N–H and O–H groups in total. The first-order chi connectivity index (χ1) is 19.6. The lowest BCUT2D eigenvalue weighted by Gasteiger charge is -2.43. The van der Waals surface area contributed by atoms with E-state index in [1.54, 1.807) is 24.3 Å². The van der Waals surface area contributed by atoms with Crippen LogP contribution < -0.4 is 9.46 Å². The third kappa shape index (κ3) is 9.20. The number of fused-ring (bicyclic) bond motifs is 1. The van der Waals surface area contributed by atoms with Gasteiger partial charge in [-0.05, 0) is 48.6 Å². The van der Waals surface area contributed by atoms with Crippen molar-refractivity contribution in [2.45, 2.75) is 94.6 Å². The Hall–Kier alpha value is -2.60. The van der Waals surface area contributed by atoms with E-state index >= 15 is 0 Å². The minimum Gasteiger partial charge on any atom is -0.508 e. The van der Waals surface area contributed by atoms with Crippen LogP contribution in [0.25, 0.3) is 0 Å². The molecule has 0 saturated carbocycles. The van der Waals surface area contributed by atoms with Gasteiger partial charge < -0.3 is 14.9 Å². The van der Waals surface area contributed by atoms with Crippen LogP contribution in [0.5, 0.6) is 17.2 Å². The number of sulfonamides is 1. The molecule has 0 aromatic heterocycles. The van der Waals surface area contributed by atoms with E-state index in [0.29, 0.717) is 25.2 Å². The summed E-state index contributed by atoms with van der Waals surface area (Å²) in [5.74, 6) is -3.86. The zero-order chi connectivity index (χ0) is 31.0. The summed E-state index contributed by atoms with van der Waals surface area (Å²) in [5.41, 5.74) is 1.78. The van der Waals surface area contributed by atoms with E-state index in [1.165, 1.54) is 0 Å². The van der Waals surface area contributed by atoms with Crippen LogP contribution in [-0.4, -0.2) is 49.6 Å². The quantitative estimate of drug-likeness (QED) is 0.133. The number of benzene rings is 2. The van der Waals surface area contributed by atoms with Crippen LogP contribution in [0.2, 0.25) is 0 Å². The molecule has 2 aromatic rings. The molecule has 236 valence electrons. The summed E-state index contributed by atoms with van der Waals surface area (Å²) in [4.78, 5) is 0. The van der Waals surface area contributed by atoms with E-state index in [0.717, 1.165) is 49.7 Å². The van der Waals surface area contributed by atoms with Gasteiger partial charge in [-0.1, -0.05) is 63.6 Å². The van der Waals surface area contributed by atoms with Crippen LogP contribution >= 0.6 is 0 Å². The van der Waals surface area contributed by atoms with Crippen molar-refractivity contribution in [2.75, 3.05) is 18.9 Å². The van der Waals surface area contributed by atoms with Gasteiger partial charge in [0, 0.05) is 30.4 Å². The number of aromatic hydroxyl groups is 2. The molecule has 42 heavy (non-hydrogen) atoms. The molecule has 0 aliphatic carbocycles. The molecule has 0 spiro atoms. The van der Waals surface area contributed by atoms with Gasteiger partial charge in [0.05, 0.1) is 12.4 Å². The highest BCUT2D eigenvalue weighted by Gasteiger charge is 2.56. The van der Waals surface area contributed by atoms with Gasteiger partial charge in [0.25, 0.3) is 0 Å². The first-order valence-electron chi connectivity index (χ1n) is 14.3. The van der Waals surface area contributed by atoms with E-state index < -0.39 is 41.5 Å². The van der Waals surface area contributed by atoms with Gasteiger partial charge in [-0.3, -0.25) is 0 Å². The molecule has 2 aromatic carbocycles. The highest BCUT2D eigenvalue weighted by Crippen LogP contribution is 2.49. The Morgan fingerprint density at radius 3 is 2.12 bits per heavy atom. The Bertz CT molecular complexity index is 1250. The first-order valence-corrected chi connectivity index (χ1v) is 16.0. The van der Waals surface area contributed by atoms with Crippen molar-refractivity contribution in [1.82, 2.24) is 4.72 Å². The number of phenols is 2. The smallest absolute Gasteiger partial charge is 0.453 e. The van der Waals surface area contributed by atoms with Gasteiger partial charge >= 0.3 is 12.1 Å². The van der Waals surface area contributed by atoms with Gasteiger partial charge in [-0.2, -0.15) is 22.0 Å². The SMILES string of the molecule is CC1(c2ccc(O)cc2)COc2cc(O)ccc2C1CCCCCCCCCS(=O)(=O)NCCCC(F)(F)C(F)(F)F. The largest absolute Gasteiger partial charge is 0.508 e. The molecule has 0 amide bonds. The second kappa shape index (κ2) is 14.2. The molecule has 0 bridgehead atoms. The molecule has 1 aliphatic rings. The summed E-state index contributed by atoms with van der Waals surface area (Å²) < 4.78 is 94.5. The molecule has 1 aliphatic heterocycles.